The van der Waals surface area contributed by atoms with Crippen LogP contribution in [0.25, 0.3) is 0 Å². The molecule has 0 atom stereocenters. The van der Waals surface area contributed by atoms with Crippen LogP contribution in [0.5, 0.6) is 11.5 Å². The maximum Gasteiger partial charge on any atom is 0.118 e. The predicted molar refractivity (Wildman–Crippen MR) is 139 cm³/mol. The molecule has 0 saturated heterocycles. The lowest BCUT2D eigenvalue weighted by Gasteiger charge is -2.36. The van der Waals surface area contributed by atoms with Gasteiger partial charge in [0.1, 0.15) is 11.5 Å². The van der Waals surface area contributed by atoms with Crippen molar-refractivity contribution in [3.05, 3.63) is 130 Å². The minimum Gasteiger partial charge on any atom is -0.497 e. The summed E-state index contributed by atoms with van der Waals surface area (Å²) in [5.74, 6) is 1.73. The van der Waals surface area contributed by atoms with Crippen molar-refractivity contribution in [1.29, 1.82) is 0 Å². The topological polar surface area (TPSA) is 18.5 Å². The van der Waals surface area contributed by atoms with E-state index in [0.717, 1.165) is 35.2 Å². The Balaban J connectivity index is 1.79. The summed E-state index contributed by atoms with van der Waals surface area (Å²) in [6.45, 7) is 0. The molecular weight excluding hydrogens is 472 g/mol. The molecule has 0 saturated carbocycles. The standard InChI is InChI=1S/C30H29BrO2/c1-32-28-18-12-25(13-19-28)30(24-8-4-3-5-9-24,26-14-20-29(33-2)21-15-26)22-6-7-23-10-16-27(31)17-11-23/h3-5,8-21H,6-7,22H2,1-2H3. The van der Waals surface area contributed by atoms with Gasteiger partial charge in [-0.3, -0.25) is 0 Å². The molecule has 0 aliphatic carbocycles. The second kappa shape index (κ2) is 10.7. The van der Waals surface area contributed by atoms with Crippen LogP contribution >= 0.6 is 15.9 Å². The molecule has 2 nitrogen and oxygen atoms in total. The van der Waals surface area contributed by atoms with Crippen molar-refractivity contribution in [3.63, 3.8) is 0 Å². The van der Waals surface area contributed by atoms with Crippen molar-refractivity contribution in [2.75, 3.05) is 14.2 Å². The third-order valence-corrected chi connectivity index (χ3v) is 6.89. The van der Waals surface area contributed by atoms with Crippen LogP contribution in [0.3, 0.4) is 0 Å². The van der Waals surface area contributed by atoms with Crippen molar-refractivity contribution >= 4 is 15.9 Å². The van der Waals surface area contributed by atoms with E-state index in [2.05, 4.69) is 119 Å². The molecule has 0 N–H and O–H groups in total. The number of ether oxygens (including phenoxy) is 2. The zero-order chi connectivity index (χ0) is 23.1. The van der Waals surface area contributed by atoms with E-state index in [1.165, 1.54) is 22.3 Å². The first-order chi connectivity index (χ1) is 16.2. The van der Waals surface area contributed by atoms with Gasteiger partial charge in [0.05, 0.1) is 14.2 Å². The minimum atomic E-state index is -0.283. The highest BCUT2D eigenvalue weighted by atomic mass is 79.9. The van der Waals surface area contributed by atoms with Gasteiger partial charge in [0.15, 0.2) is 0 Å². The van der Waals surface area contributed by atoms with Gasteiger partial charge in [0, 0.05) is 9.89 Å². The van der Waals surface area contributed by atoms with E-state index >= 15 is 0 Å². The number of rotatable bonds is 9. The average molecular weight is 501 g/mol. The molecule has 0 radical (unpaired) electrons. The lowest BCUT2D eigenvalue weighted by molar-refractivity contribution is 0.413. The van der Waals surface area contributed by atoms with Gasteiger partial charge in [-0.1, -0.05) is 82.7 Å². The number of halogens is 1. The van der Waals surface area contributed by atoms with Crippen molar-refractivity contribution in [2.45, 2.75) is 24.7 Å². The first kappa shape index (κ1) is 23.1. The zero-order valence-electron chi connectivity index (χ0n) is 19.1. The number of hydrogen-bond donors (Lipinski definition) is 0. The largest absolute Gasteiger partial charge is 0.497 e. The van der Waals surface area contributed by atoms with Crippen LogP contribution in [0.1, 0.15) is 35.1 Å². The van der Waals surface area contributed by atoms with Gasteiger partial charge in [-0.15, -0.1) is 0 Å². The van der Waals surface area contributed by atoms with Crippen LogP contribution < -0.4 is 9.47 Å². The SMILES string of the molecule is COc1ccc(C(CCCc2ccc(Br)cc2)(c2ccccc2)c2ccc(OC)cc2)cc1. The van der Waals surface area contributed by atoms with Gasteiger partial charge in [-0.25, -0.2) is 0 Å². The minimum absolute atomic E-state index is 0.283. The molecule has 3 heteroatoms. The van der Waals surface area contributed by atoms with Crippen LogP contribution in [0, 0.1) is 0 Å². The fourth-order valence-corrected chi connectivity index (χ4v) is 4.88. The van der Waals surface area contributed by atoms with Gasteiger partial charge < -0.3 is 9.47 Å². The average Bonchev–Trinajstić information content (AvgIpc) is 2.89. The Bertz CT molecular complexity index is 1090. The van der Waals surface area contributed by atoms with Crippen LogP contribution in [0.4, 0.5) is 0 Å². The summed E-state index contributed by atoms with van der Waals surface area (Å²) >= 11 is 3.54. The number of aryl methyl sites for hydroxylation is 1. The number of benzene rings is 4. The normalized spacial score (nSPS) is 11.2. The zero-order valence-corrected chi connectivity index (χ0v) is 20.7. The van der Waals surface area contributed by atoms with Gasteiger partial charge >= 0.3 is 0 Å². The summed E-state index contributed by atoms with van der Waals surface area (Å²) in [6.07, 6.45) is 3.05. The highest BCUT2D eigenvalue weighted by molar-refractivity contribution is 9.10. The molecule has 0 aliphatic rings. The first-order valence-corrected chi connectivity index (χ1v) is 12.0. The highest BCUT2D eigenvalue weighted by Gasteiger charge is 2.36. The van der Waals surface area contributed by atoms with Crippen LogP contribution in [-0.4, -0.2) is 14.2 Å². The van der Waals surface area contributed by atoms with Crippen molar-refractivity contribution in [1.82, 2.24) is 0 Å². The molecule has 4 aromatic rings. The molecule has 0 unspecified atom stereocenters. The Hall–Kier alpha value is -3.04. The maximum atomic E-state index is 5.45. The molecule has 33 heavy (non-hydrogen) atoms. The molecule has 0 spiro atoms. The quantitative estimate of drug-likeness (QED) is 0.218. The van der Waals surface area contributed by atoms with Crippen LogP contribution in [0.15, 0.2) is 108 Å². The summed E-state index contributed by atoms with van der Waals surface area (Å²) in [5.41, 5.74) is 4.88. The van der Waals surface area contributed by atoms with E-state index in [0.29, 0.717) is 0 Å². The molecule has 168 valence electrons. The number of methoxy groups -OCH3 is 2. The Kier molecular flexibility index (Phi) is 7.51. The van der Waals surface area contributed by atoms with Gasteiger partial charge in [0.2, 0.25) is 0 Å². The Morgan fingerprint density at radius 1 is 0.606 bits per heavy atom. The van der Waals surface area contributed by atoms with Crippen LogP contribution in [-0.2, 0) is 11.8 Å². The van der Waals surface area contributed by atoms with E-state index in [1.807, 2.05) is 0 Å². The summed E-state index contributed by atoms with van der Waals surface area (Å²) in [5, 5.41) is 0. The fraction of sp³-hybridized carbons (Fsp3) is 0.200. The molecule has 0 amide bonds. The van der Waals surface area contributed by atoms with Gasteiger partial charge in [0.25, 0.3) is 0 Å². The van der Waals surface area contributed by atoms with Gasteiger partial charge in [-0.2, -0.15) is 0 Å². The predicted octanol–water partition coefficient (Wildman–Crippen LogP) is 7.82. The molecule has 4 rings (SSSR count). The van der Waals surface area contributed by atoms with Gasteiger partial charge in [-0.05, 0) is 77.9 Å². The second-order valence-electron chi connectivity index (χ2n) is 8.21. The molecule has 0 aliphatic heterocycles. The van der Waals surface area contributed by atoms with Crippen molar-refractivity contribution in [3.8, 4) is 11.5 Å². The lowest BCUT2D eigenvalue weighted by atomic mass is 9.66. The van der Waals surface area contributed by atoms with E-state index in [1.54, 1.807) is 14.2 Å². The molecule has 4 aromatic carbocycles. The van der Waals surface area contributed by atoms with E-state index in [-0.39, 0.29) is 5.41 Å². The van der Waals surface area contributed by atoms with E-state index in [9.17, 15) is 0 Å². The smallest absolute Gasteiger partial charge is 0.118 e. The molecule has 0 aromatic heterocycles. The van der Waals surface area contributed by atoms with E-state index < -0.39 is 0 Å². The monoisotopic (exact) mass is 500 g/mol. The molecule has 0 heterocycles. The Morgan fingerprint density at radius 3 is 1.58 bits per heavy atom. The van der Waals surface area contributed by atoms with Crippen molar-refractivity contribution < 1.29 is 9.47 Å². The third kappa shape index (κ3) is 5.15. The molecule has 0 fully saturated rings. The molecule has 0 bridgehead atoms. The number of hydrogen-bond acceptors (Lipinski definition) is 2. The first-order valence-electron chi connectivity index (χ1n) is 11.2. The summed E-state index contributed by atoms with van der Waals surface area (Å²) in [6, 6.07) is 36.5. The lowest BCUT2D eigenvalue weighted by Crippen LogP contribution is -2.29. The second-order valence-corrected chi connectivity index (χ2v) is 9.12. The van der Waals surface area contributed by atoms with Crippen LogP contribution in [0.2, 0.25) is 0 Å². The molecular formula is C30H29BrO2. The van der Waals surface area contributed by atoms with Crippen molar-refractivity contribution in [2.24, 2.45) is 0 Å². The maximum absolute atomic E-state index is 5.45. The summed E-state index contributed by atoms with van der Waals surface area (Å²) in [7, 11) is 3.42. The Morgan fingerprint density at radius 2 is 1.09 bits per heavy atom. The fourth-order valence-electron chi connectivity index (χ4n) is 4.62. The third-order valence-electron chi connectivity index (χ3n) is 6.36. The summed E-state index contributed by atoms with van der Waals surface area (Å²) in [4.78, 5) is 0. The Labute approximate surface area is 205 Å². The highest BCUT2D eigenvalue weighted by Crippen LogP contribution is 2.44. The van der Waals surface area contributed by atoms with E-state index in [4.69, 9.17) is 9.47 Å². The summed E-state index contributed by atoms with van der Waals surface area (Å²) < 4.78 is 12.0.